The van der Waals surface area contributed by atoms with Gasteiger partial charge in [0.05, 0.1) is 23.5 Å². The fourth-order valence-corrected chi connectivity index (χ4v) is 1.86. The van der Waals surface area contributed by atoms with Crippen LogP contribution in [-0.4, -0.2) is 11.9 Å². The number of carbonyl (C=O) groups excluding carboxylic acids is 1. The number of halogens is 1. The van der Waals surface area contributed by atoms with E-state index in [9.17, 15) is 9.18 Å². The Bertz CT molecular complexity index is 638. The predicted molar refractivity (Wildman–Crippen MR) is 79.7 cm³/mol. The minimum absolute atomic E-state index is 0.111. The van der Waals surface area contributed by atoms with E-state index in [2.05, 4.69) is 10.6 Å². The summed E-state index contributed by atoms with van der Waals surface area (Å²) in [4.78, 5) is 12.1. The molecule has 1 heterocycles. The third-order valence-electron chi connectivity index (χ3n) is 2.79. The van der Waals surface area contributed by atoms with Crippen LogP contribution in [0.2, 0.25) is 0 Å². The summed E-state index contributed by atoms with van der Waals surface area (Å²) >= 11 is 0. The van der Waals surface area contributed by atoms with Crippen LogP contribution in [0.1, 0.15) is 30.0 Å². The van der Waals surface area contributed by atoms with E-state index in [0.717, 1.165) is 0 Å². The summed E-state index contributed by atoms with van der Waals surface area (Å²) < 4.78 is 18.5. The maximum absolute atomic E-state index is 13.3. The number of amides is 1. The Balaban J connectivity index is 2.20. The smallest absolute Gasteiger partial charge is 0.258 e. The van der Waals surface area contributed by atoms with Crippen molar-refractivity contribution in [3.05, 3.63) is 47.7 Å². The van der Waals surface area contributed by atoms with Gasteiger partial charge in [0.25, 0.3) is 5.91 Å². The monoisotopic (exact) mass is 291 g/mol. The Labute approximate surface area is 122 Å². The molecule has 1 aromatic carbocycles. The van der Waals surface area contributed by atoms with Crippen molar-refractivity contribution < 1.29 is 13.6 Å². The summed E-state index contributed by atoms with van der Waals surface area (Å²) in [6.07, 6.45) is 1.34. The van der Waals surface area contributed by atoms with Gasteiger partial charge in [-0.15, -0.1) is 0 Å². The summed E-state index contributed by atoms with van der Waals surface area (Å²) in [7, 11) is 0. The van der Waals surface area contributed by atoms with Crippen LogP contribution < -0.4 is 16.4 Å². The van der Waals surface area contributed by atoms with Crippen LogP contribution in [0.25, 0.3) is 0 Å². The van der Waals surface area contributed by atoms with Gasteiger partial charge in [-0.3, -0.25) is 4.79 Å². The van der Waals surface area contributed by atoms with Crippen molar-refractivity contribution in [2.24, 2.45) is 5.73 Å². The molecule has 6 heteroatoms. The zero-order valence-corrected chi connectivity index (χ0v) is 11.9. The molecule has 0 fully saturated rings. The molecule has 5 nitrogen and oxygen atoms in total. The van der Waals surface area contributed by atoms with Gasteiger partial charge >= 0.3 is 0 Å². The summed E-state index contributed by atoms with van der Waals surface area (Å²) in [6, 6.07) is 5.84. The van der Waals surface area contributed by atoms with Gasteiger partial charge < -0.3 is 20.8 Å². The molecule has 0 saturated heterocycles. The van der Waals surface area contributed by atoms with Crippen LogP contribution in [-0.2, 0) is 6.54 Å². The normalized spacial score (nSPS) is 10.7. The van der Waals surface area contributed by atoms with Crippen LogP contribution in [0.3, 0.4) is 0 Å². The third-order valence-corrected chi connectivity index (χ3v) is 2.79. The van der Waals surface area contributed by atoms with E-state index in [4.69, 9.17) is 10.2 Å². The molecule has 0 spiro atoms. The zero-order valence-electron chi connectivity index (χ0n) is 11.9. The molecule has 21 heavy (non-hydrogen) atoms. The van der Waals surface area contributed by atoms with Crippen molar-refractivity contribution in [2.45, 2.75) is 26.4 Å². The SMILES string of the molecule is CC(C)Nc1cc(F)ccc1NC(=O)c1coc(CN)c1. The number of hydrogen-bond acceptors (Lipinski definition) is 4. The first-order valence-electron chi connectivity index (χ1n) is 6.64. The fraction of sp³-hybridized carbons (Fsp3) is 0.267. The van der Waals surface area contributed by atoms with E-state index in [1.54, 1.807) is 6.07 Å². The molecule has 2 rings (SSSR count). The molecule has 1 aromatic heterocycles. The molecule has 0 aliphatic rings. The average Bonchev–Trinajstić information content (AvgIpc) is 2.90. The van der Waals surface area contributed by atoms with Gasteiger partial charge in [0, 0.05) is 6.04 Å². The number of benzene rings is 1. The molecule has 4 N–H and O–H groups in total. The van der Waals surface area contributed by atoms with Crippen molar-refractivity contribution in [1.29, 1.82) is 0 Å². The fourth-order valence-electron chi connectivity index (χ4n) is 1.86. The van der Waals surface area contributed by atoms with E-state index in [1.807, 2.05) is 13.8 Å². The highest BCUT2D eigenvalue weighted by Gasteiger charge is 2.13. The Morgan fingerprint density at radius 2 is 2.10 bits per heavy atom. The molecule has 0 unspecified atom stereocenters. The second-order valence-electron chi connectivity index (χ2n) is 4.95. The number of carbonyl (C=O) groups is 1. The van der Waals surface area contributed by atoms with Gasteiger partial charge in [-0.25, -0.2) is 4.39 Å². The molecule has 0 saturated carbocycles. The molecule has 0 bridgehead atoms. The van der Waals surface area contributed by atoms with Crippen LogP contribution in [0.15, 0.2) is 34.9 Å². The van der Waals surface area contributed by atoms with Crippen molar-refractivity contribution in [3.63, 3.8) is 0 Å². The van der Waals surface area contributed by atoms with Crippen molar-refractivity contribution >= 4 is 17.3 Å². The molecule has 112 valence electrons. The number of rotatable bonds is 5. The Hall–Kier alpha value is -2.34. The first kappa shape index (κ1) is 15.1. The van der Waals surface area contributed by atoms with Gasteiger partial charge in [0.2, 0.25) is 0 Å². The first-order valence-corrected chi connectivity index (χ1v) is 6.64. The largest absolute Gasteiger partial charge is 0.467 e. The van der Waals surface area contributed by atoms with Gasteiger partial charge in [-0.05, 0) is 38.1 Å². The molecule has 1 amide bonds. The third kappa shape index (κ3) is 3.82. The Morgan fingerprint density at radius 1 is 1.33 bits per heavy atom. The second-order valence-corrected chi connectivity index (χ2v) is 4.95. The number of hydrogen-bond donors (Lipinski definition) is 3. The van der Waals surface area contributed by atoms with Crippen LogP contribution in [0, 0.1) is 5.82 Å². The molecule has 2 aromatic rings. The molecular weight excluding hydrogens is 273 g/mol. The minimum atomic E-state index is -0.370. The van der Waals surface area contributed by atoms with Crippen LogP contribution in [0.5, 0.6) is 0 Å². The summed E-state index contributed by atoms with van der Waals surface area (Å²) in [6.45, 7) is 4.09. The predicted octanol–water partition coefficient (Wildman–Crippen LogP) is 2.95. The minimum Gasteiger partial charge on any atom is -0.467 e. The van der Waals surface area contributed by atoms with Crippen LogP contribution in [0.4, 0.5) is 15.8 Å². The van der Waals surface area contributed by atoms with E-state index in [0.29, 0.717) is 22.7 Å². The molecule has 0 aliphatic heterocycles. The van der Waals surface area contributed by atoms with Crippen molar-refractivity contribution in [1.82, 2.24) is 0 Å². The Kier molecular flexibility index (Phi) is 4.59. The number of nitrogens with one attached hydrogen (secondary N) is 2. The number of nitrogens with two attached hydrogens (primary N) is 1. The van der Waals surface area contributed by atoms with Gasteiger partial charge in [-0.2, -0.15) is 0 Å². The summed E-state index contributed by atoms with van der Waals surface area (Å²) in [5.41, 5.74) is 6.84. The topological polar surface area (TPSA) is 80.3 Å². The van der Waals surface area contributed by atoms with Gasteiger partial charge in [-0.1, -0.05) is 0 Å². The molecular formula is C15H18FN3O2. The average molecular weight is 291 g/mol. The van der Waals surface area contributed by atoms with E-state index in [1.165, 1.54) is 24.5 Å². The maximum Gasteiger partial charge on any atom is 0.258 e. The standard InChI is InChI=1S/C15H18FN3O2/c1-9(2)18-14-6-11(16)3-4-13(14)19-15(20)10-5-12(7-17)21-8-10/h3-6,8-9,18H,7,17H2,1-2H3,(H,19,20). The lowest BCUT2D eigenvalue weighted by molar-refractivity contribution is 0.102. The van der Waals surface area contributed by atoms with Crippen molar-refractivity contribution in [2.75, 3.05) is 10.6 Å². The molecule has 0 radical (unpaired) electrons. The zero-order chi connectivity index (χ0) is 15.4. The first-order chi connectivity index (χ1) is 9.99. The summed E-state index contributed by atoms with van der Waals surface area (Å²) in [5, 5.41) is 5.82. The highest BCUT2D eigenvalue weighted by molar-refractivity contribution is 6.05. The van der Waals surface area contributed by atoms with Crippen molar-refractivity contribution in [3.8, 4) is 0 Å². The Morgan fingerprint density at radius 3 is 2.71 bits per heavy atom. The highest BCUT2D eigenvalue weighted by atomic mass is 19.1. The van der Waals surface area contributed by atoms with Gasteiger partial charge in [0.15, 0.2) is 0 Å². The van der Waals surface area contributed by atoms with Gasteiger partial charge in [0.1, 0.15) is 17.8 Å². The lowest BCUT2D eigenvalue weighted by Crippen LogP contribution is -2.16. The molecule has 0 atom stereocenters. The number of anilines is 2. The maximum atomic E-state index is 13.3. The van der Waals surface area contributed by atoms with E-state index in [-0.39, 0.29) is 24.3 Å². The lowest BCUT2D eigenvalue weighted by Gasteiger charge is -2.15. The van der Waals surface area contributed by atoms with E-state index >= 15 is 0 Å². The summed E-state index contributed by atoms with van der Waals surface area (Å²) in [5.74, 6) is -0.179. The van der Waals surface area contributed by atoms with E-state index < -0.39 is 0 Å². The highest BCUT2D eigenvalue weighted by Crippen LogP contribution is 2.24. The quantitative estimate of drug-likeness (QED) is 0.791. The second kappa shape index (κ2) is 6.41. The molecule has 0 aliphatic carbocycles. The lowest BCUT2D eigenvalue weighted by atomic mass is 10.2. The number of furan rings is 1. The van der Waals surface area contributed by atoms with Crippen LogP contribution >= 0.6 is 0 Å².